The third kappa shape index (κ3) is 2.40. The Morgan fingerprint density at radius 1 is 1.14 bits per heavy atom. The van der Waals surface area contributed by atoms with E-state index in [-0.39, 0.29) is 0 Å². The van der Waals surface area contributed by atoms with Crippen molar-refractivity contribution in [3.05, 3.63) is 36.5 Å². The van der Waals surface area contributed by atoms with E-state index in [1.807, 2.05) is 12.3 Å². The SMILES string of the molecule is CN1C2CCC1CC(CNc1ccnc3ccccc13)C2. The molecule has 110 valence electrons. The number of para-hydroxylation sites is 1. The highest BCUT2D eigenvalue weighted by Gasteiger charge is 2.38. The van der Waals surface area contributed by atoms with E-state index in [0.717, 1.165) is 30.1 Å². The molecule has 2 aliphatic rings. The van der Waals surface area contributed by atoms with Crippen LogP contribution in [0.4, 0.5) is 5.69 Å². The number of benzene rings is 1. The van der Waals surface area contributed by atoms with Crippen molar-refractivity contribution in [3.8, 4) is 0 Å². The summed E-state index contributed by atoms with van der Waals surface area (Å²) in [5, 5.41) is 4.91. The molecular formula is C18H23N3. The van der Waals surface area contributed by atoms with Gasteiger partial charge >= 0.3 is 0 Å². The van der Waals surface area contributed by atoms with E-state index in [1.54, 1.807) is 0 Å². The molecule has 0 amide bonds. The number of anilines is 1. The predicted octanol–water partition coefficient (Wildman–Crippen LogP) is 3.52. The summed E-state index contributed by atoms with van der Waals surface area (Å²) in [6, 6.07) is 12.1. The predicted molar refractivity (Wildman–Crippen MR) is 87.5 cm³/mol. The monoisotopic (exact) mass is 281 g/mol. The van der Waals surface area contributed by atoms with E-state index in [0.29, 0.717) is 0 Å². The lowest BCUT2D eigenvalue weighted by molar-refractivity contribution is 0.139. The number of pyridine rings is 1. The fourth-order valence-electron chi connectivity index (χ4n) is 4.20. The van der Waals surface area contributed by atoms with Crippen molar-refractivity contribution >= 4 is 16.6 Å². The number of aromatic nitrogens is 1. The van der Waals surface area contributed by atoms with Crippen LogP contribution in [0, 0.1) is 5.92 Å². The molecule has 2 aliphatic heterocycles. The summed E-state index contributed by atoms with van der Waals surface area (Å²) in [6.07, 6.45) is 7.40. The number of hydrogen-bond donors (Lipinski definition) is 1. The van der Waals surface area contributed by atoms with Crippen LogP contribution in [0.1, 0.15) is 25.7 Å². The first-order chi connectivity index (χ1) is 10.3. The zero-order valence-corrected chi connectivity index (χ0v) is 12.6. The molecule has 2 atom stereocenters. The summed E-state index contributed by atoms with van der Waals surface area (Å²) in [6.45, 7) is 1.09. The first-order valence-corrected chi connectivity index (χ1v) is 8.11. The quantitative estimate of drug-likeness (QED) is 0.933. The van der Waals surface area contributed by atoms with Gasteiger partial charge in [-0.3, -0.25) is 4.98 Å². The normalized spacial score (nSPS) is 28.9. The number of piperidine rings is 1. The minimum Gasteiger partial charge on any atom is -0.384 e. The number of nitrogens with one attached hydrogen (secondary N) is 1. The van der Waals surface area contributed by atoms with Gasteiger partial charge in [-0.05, 0) is 50.8 Å². The molecule has 4 rings (SSSR count). The van der Waals surface area contributed by atoms with Gasteiger partial charge in [-0.1, -0.05) is 18.2 Å². The van der Waals surface area contributed by atoms with Gasteiger partial charge in [0.2, 0.25) is 0 Å². The lowest BCUT2D eigenvalue weighted by Gasteiger charge is -2.36. The highest BCUT2D eigenvalue weighted by Crippen LogP contribution is 2.37. The van der Waals surface area contributed by atoms with Gasteiger partial charge in [0.1, 0.15) is 0 Å². The molecule has 0 aliphatic carbocycles. The summed E-state index contributed by atoms with van der Waals surface area (Å²) in [5.41, 5.74) is 2.30. The van der Waals surface area contributed by atoms with Crippen molar-refractivity contribution in [1.29, 1.82) is 0 Å². The summed E-state index contributed by atoms with van der Waals surface area (Å²) in [7, 11) is 2.31. The van der Waals surface area contributed by atoms with E-state index in [4.69, 9.17) is 0 Å². The molecule has 3 nitrogen and oxygen atoms in total. The first kappa shape index (κ1) is 13.1. The average molecular weight is 281 g/mol. The molecule has 1 aromatic carbocycles. The number of hydrogen-bond acceptors (Lipinski definition) is 3. The van der Waals surface area contributed by atoms with Crippen LogP contribution in [0.25, 0.3) is 10.9 Å². The molecule has 1 aromatic heterocycles. The molecule has 0 saturated carbocycles. The molecule has 2 saturated heterocycles. The maximum Gasteiger partial charge on any atom is 0.0722 e. The van der Waals surface area contributed by atoms with E-state index < -0.39 is 0 Å². The Morgan fingerprint density at radius 3 is 2.71 bits per heavy atom. The molecular weight excluding hydrogens is 258 g/mol. The van der Waals surface area contributed by atoms with E-state index >= 15 is 0 Å². The molecule has 2 unspecified atom stereocenters. The van der Waals surface area contributed by atoms with Gasteiger partial charge < -0.3 is 10.2 Å². The highest BCUT2D eigenvalue weighted by molar-refractivity contribution is 5.90. The van der Waals surface area contributed by atoms with Crippen molar-refractivity contribution in [2.45, 2.75) is 37.8 Å². The smallest absolute Gasteiger partial charge is 0.0722 e. The summed E-state index contributed by atoms with van der Waals surface area (Å²) >= 11 is 0. The van der Waals surface area contributed by atoms with Gasteiger partial charge in [-0.15, -0.1) is 0 Å². The number of rotatable bonds is 3. The van der Waals surface area contributed by atoms with Crippen molar-refractivity contribution in [1.82, 2.24) is 9.88 Å². The maximum atomic E-state index is 4.43. The van der Waals surface area contributed by atoms with Gasteiger partial charge in [0.15, 0.2) is 0 Å². The topological polar surface area (TPSA) is 28.2 Å². The van der Waals surface area contributed by atoms with E-state index in [9.17, 15) is 0 Å². The molecule has 2 bridgehead atoms. The van der Waals surface area contributed by atoms with Gasteiger partial charge in [0, 0.05) is 35.9 Å². The Hall–Kier alpha value is -1.61. The van der Waals surface area contributed by atoms with Gasteiger partial charge in [-0.2, -0.15) is 0 Å². The van der Waals surface area contributed by atoms with Crippen LogP contribution >= 0.6 is 0 Å². The van der Waals surface area contributed by atoms with Crippen LogP contribution in [0.3, 0.4) is 0 Å². The highest BCUT2D eigenvalue weighted by atomic mass is 15.2. The Labute approximate surface area is 126 Å². The van der Waals surface area contributed by atoms with E-state index in [1.165, 1.54) is 36.8 Å². The Balaban J connectivity index is 1.47. The van der Waals surface area contributed by atoms with Crippen molar-refractivity contribution in [2.75, 3.05) is 18.9 Å². The lowest BCUT2D eigenvalue weighted by atomic mass is 9.91. The molecule has 0 radical (unpaired) electrons. The van der Waals surface area contributed by atoms with Crippen LogP contribution in [0.5, 0.6) is 0 Å². The second-order valence-corrected chi connectivity index (χ2v) is 6.64. The third-order valence-corrected chi connectivity index (χ3v) is 5.43. The van der Waals surface area contributed by atoms with E-state index in [2.05, 4.69) is 46.5 Å². The second kappa shape index (κ2) is 5.30. The van der Waals surface area contributed by atoms with Crippen LogP contribution in [0.2, 0.25) is 0 Å². The molecule has 21 heavy (non-hydrogen) atoms. The van der Waals surface area contributed by atoms with Crippen LogP contribution in [-0.2, 0) is 0 Å². The summed E-state index contributed by atoms with van der Waals surface area (Å²) < 4.78 is 0. The number of fused-ring (bicyclic) bond motifs is 3. The largest absolute Gasteiger partial charge is 0.384 e. The first-order valence-electron chi connectivity index (χ1n) is 8.11. The van der Waals surface area contributed by atoms with Crippen molar-refractivity contribution < 1.29 is 0 Å². The standard InChI is InChI=1S/C18H23N3/c1-21-14-6-7-15(21)11-13(10-14)12-20-18-8-9-19-17-5-3-2-4-16(17)18/h2-5,8-9,13-15H,6-7,10-12H2,1H3,(H,19,20). The van der Waals surface area contributed by atoms with Crippen LogP contribution in [-0.4, -0.2) is 35.6 Å². The molecule has 2 aromatic rings. The summed E-state index contributed by atoms with van der Waals surface area (Å²) in [4.78, 5) is 7.04. The molecule has 0 spiro atoms. The zero-order valence-electron chi connectivity index (χ0n) is 12.6. The maximum absolute atomic E-state index is 4.43. The average Bonchev–Trinajstić information content (AvgIpc) is 2.75. The molecule has 1 N–H and O–H groups in total. The zero-order chi connectivity index (χ0) is 14.2. The number of nitrogens with zero attached hydrogens (tertiary/aromatic N) is 2. The third-order valence-electron chi connectivity index (χ3n) is 5.43. The minimum absolute atomic E-state index is 0.811. The van der Waals surface area contributed by atoms with Crippen molar-refractivity contribution in [2.24, 2.45) is 5.92 Å². The summed E-state index contributed by atoms with van der Waals surface area (Å²) in [5.74, 6) is 0.811. The molecule has 3 heterocycles. The van der Waals surface area contributed by atoms with Gasteiger partial charge in [0.05, 0.1) is 5.52 Å². The fourth-order valence-corrected chi connectivity index (χ4v) is 4.20. The Kier molecular flexibility index (Phi) is 3.30. The van der Waals surface area contributed by atoms with Gasteiger partial charge in [-0.25, -0.2) is 0 Å². The second-order valence-electron chi connectivity index (χ2n) is 6.64. The Morgan fingerprint density at radius 2 is 1.90 bits per heavy atom. The molecule has 3 heteroatoms. The fraction of sp³-hybridized carbons (Fsp3) is 0.500. The Bertz CT molecular complexity index is 620. The van der Waals surface area contributed by atoms with Crippen LogP contribution < -0.4 is 5.32 Å². The van der Waals surface area contributed by atoms with Gasteiger partial charge in [0.25, 0.3) is 0 Å². The van der Waals surface area contributed by atoms with Crippen molar-refractivity contribution in [3.63, 3.8) is 0 Å². The minimum atomic E-state index is 0.811. The molecule has 2 fully saturated rings. The lowest BCUT2D eigenvalue weighted by Crippen LogP contribution is -2.41. The van der Waals surface area contributed by atoms with Crippen LogP contribution in [0.15, 0.2) is 36.5 Å².